The van der Waals surface area contributed by atoms with Gasteiger partial charge in [0.25, 0.3) is 0 Å². The number of nitrogens with zero attached hydrogens (tertiary/aromatic N) is 1. The van der Waals surface area contributed by atoms with Crippen molar-refractivity contribution in [3.05, 3.63) is 29.6 Å². The van der Waals surface area contributed by atoms with Crippen molar-refractivity contribution in [3.63, 3.8) is 0 Å². The quantitative estimate of drug-likeness (QED) is 0.621. The zero-order valence-corrected chi connectivity index (χ0v) is 10.4. The molecule has 0 bridgehead atoms. The van der Waals surface area contributed by atoms with Crippen molar-refractivity contribution >= 4 is 11.5 Å². The van der Waals surface area contributed by atoms with E-state index in [1.807, 2.05) is 11.8 Å². The van der Waals surface area contributed by atoms with Gasteiger partial charge in [-0.15, -0.1) is 0 Å². The van der Waals surface area contributed by atoms with E-state index in [4.69, 9.17) is 15.9 Å². The average molecular weight is 251 g/mol. The van der Waals surface area contributed by atoms with E-state index in [-0.39, 0.29) is 17.8 Å². The maximum absolute atomic E-state index is 14.0. The number of benzene rings is 1. The van der Waals surface area contributed by atoms with Crippen LogP contribution in [-0.4, -0.2) is 31.6 Å². The molecule has 18 heavy (non-hydrogen) atoms. The van der Waals surface area contributed by atoms with Crippen LogP contribution < -0.4 is 10.6 Å². The Hall–Kier alpha value is -1.62. The highest BCUT2D eigenvalue weighted by atomic mass is 19.1. The van der Waals surface area contributed by atoms with Crippen molar-refractivity contribution < 1.29 is 9.13 Å². The Kier molecular flexibility index (Phi) is 3.81. The number of halogens is 1. The van der Waals surface area contributed by atoms with Crippen LogP contribution in [0.25, 0.3) is 0 Å². The van der Waals surface area contributed by atoms with Crippen LogP contribution in [0, 0.1) is 11.2 Å². The molecule has 1 aromatic rings. The molecule has 1 aromatic carbocycles. The predicted octanol–water partition coefficient (Wildman–Crippen LogP) is 1.72. The number of nitrogens with one attached hydrogen (secondary N) is 1. The van der Waals surface area contributed by atoms with Gasteiger partial charge in [0.15, 0.2) is 0 Å². The van der Waals surface area contributed by atoms with E-state index in [9.17, 15) is 4.39 Å². The fraction of sp³-hybridized carbons (Fsp3) is 0.462. The van der Waals surface area contributed by atoms with Gasteiger partial charge < -0.3 is 15.4 Å². The largest absolute Gasteiger partial charge is 0.384 e. The van der Waals surface area contributed by atoms with Gasteiger partial charge in [-0.1, -0.05) is 0 Å². The molecular formula is C13H18FN3O. The van der Waals surface area contributed by atoms with Crippen molar-refractivity contribution in [1.82, 2.24) is 0 Å². The summed E-state index contributed by atoms with van der Waals surface area (Å²) in [6.45, 7) is 4.15. The van der Waals surface area contributed by atoms with Gasteiger partial charge in [-0.05, 0) is 31.5 Å². The summed E-state index contributed by atoms with van der Waals surface area (Å²) in [6.07, 6.45) is 0.984. The van der Waals surface area contributed by atoms with Crippen LogP contribution in [0.2, 0.25) is 0 Å². The molecule has 1 unspecified atom stereocenters. The molecule has 1 saturated heterocycles. The molecule has 0 aliphatic carbocycles. The van der Waals surface area contributed by atoms with Gasteiger partial charge in [-0.25, -0.2) is 4.39 Å². The molecular weight excluding hydrogens is 233 g/mol. The van der Waals surface area contributed by atoms with Crippen molar-refractivity contribution in [1.29, 1.82) is 5.41 Å². The van der Waals surface area contributed by atoms with Gasteiger partial charge >= 0.3 is 0 Å². The maximum Gasteiger partial charge on any atom is 0.147 e. The molecule has 0 radical (unpaired) electrons. The highest BCUT2D eigenvalue weighted by Crippen LogP contribution is 2.22. The Bertz CT molecular complexity index is 450. The molecule has 1 atom stereocenters. The second-order valence-corrected chi connectivity index (χ2v) is 4.56. The third kappa shape index (κ3) is 2.79. The first-order valence-electron chi connectivity index (χ1n) is 6.08. The van der Waals surface area contributed by atoms with E-state index in [2.05, 4.69) is 0 Å². The Balaban J connectivity index is 2.24. The first-order valence-corrected chi connectivity index (χ1v) is 6.08. The Morgan fingerprint density at radius 2 is 2.33 bits per heavy atom. The smallest absolute Gasteiger partial charge is 0.147 e. The molecule has 2 rings (SSSR count). The second kappa shape index (κ2) is 5.35. The van der Waals surface area contributed by atoms with Crippen LogP contribution in [0.15, 0.2) is 18.2 Å². The zero-order chi connectivity index (χ0) is 13.1. The highest BCUT2D eigenvalue weighted by molar-refractivity contribution is 5.95. The van der Waals surface area contributed by atoms with E-state index < -0.39 is 0 Å². The van der Waals surface area contributed by atoms with E-state index in [1.165, 1.54) is 6.07 Å². The van der Waals surface area contributed by atoms with Crippen molar-refractivity contribution in [2.75, 3.05) is 24.6 Å². The van der Waals surface area contributed by atoms with E-state index in [0.717, 1.165) is 13.0 Å². The summed E-state index contributed by atoms with van der Waals surface area (Å²) in [5.41, 5.74) is 6.31. The molecule has 3 N–H and O–H groups in total. The lowest BCUT2D eigenvalue weighted by Crippen LogP contribution is -2.30. The van der Waals surface area contributed by atoms with Crippen LogP contribution in [-0.2, 0) is 4.74 Å². The Morgan fingerprint density at radius 3 is 3.00 bits per heavy atom. The van der Waals surface area contributed by atoms with Crippen molar-refractivity contribution in [2.24, 2.45) is 5.73 Å². The monoisotopic (exact) mass is 251 g/mol. The summed E-state index contributed by atoms with van der Waals surface area (Å²) in [6, 6.07) is 4.68. The molecule has 0 saturated carbocycles. The maximum atomic E-state index is 14.0. The van der Waals surface area contributed by atoms with Gasteiger partial charge in [-0.3, -0.25) is 5.41 Å². The van der Waals surface area contributed by atoms with Gasteiger partial charge in [0, 0.05) is 25.3 Å². The van der Waals surface area contributed by atoms with Crippen LogP contribution in [0.1, 0.15) is 18.9 Å². The standard InChI is InChI=1S/C13H18FN3O/c1-9-8-17(5-2-6-18-9)12-4-3-10(13(15)16)7-11(12)14/h3-4,7,9H,2,5-6,8H2,1H3,(H3,15,16). The molecule has 1 fully saturated rings. The minimum absolute atomic E-state index is 0.0967. The molecule has 0 amide bonds. The number of amidine groups is 1. The highest BCUT2D eigenvalue weighted by Gasteiger charge is 2.18. The summed E-state index contributed by atoms with van der Waals surface area (Å²) < 4.78 is 19.6. The molecule has 1 heterocycles. The third-order valence-electron chi connectivity index (χ3n) is 3.05. The first kappa shape index (κ1) is 12.8. The number of nitrogens with two attached hydrogens (primary N) is 1. The molecule has 0 spiro atoms. The summed E-state index contributed by atoms with van der Waals surface area (Å²) in [5, 5.41) is 7.29. The third-order valence-corrected chi connectivity index (χ3v) is 3.05. The number of anilines is 1. The Labute approximate surface area is 106 Å². The van der Waals surface area contributed by atoms with E-state index in [1.54, 1.807) is 12.1 Å². The minimum Gasteiger partial charge on any atom is -0.384 e. The molecule has 98 valence electrons. The van der Waals surface area contributed by atoms with Crippen LogP contribution in [0.3, 0.4) is 0 Å². The first-order chi connectivity index (χ1) is 8.58. The van der Waals surface area contributed by atoms with E-state index in [0.29, 0.717) is 24.4 Å². The lowest BCUT2D eigenvalue weighted by atomic mass is 10.1. The lowest BCUT2D eigenvalue weighted by Gasteiger charge is -2.25. The van der Waals surface area contributed by atoms with Gasteiger partial charge in [0.1, 0.15) is 11.7 Å². The average Bonchev–Trinajstić information content (AvgIpc) is 2.53. The van der Waals surface area contributed by atoms with E-state index >= 15 is 0 Å². The molecule has 5 heteroatoms. The second-order valence-electron chi connectivity index (χ2n) is 4.56. The number of nitrogen functional groups attached to an aromatic ring is 1. The SMILES string of the molecule is CC1CN(c2ccc(C(=N)N)cc2F)CCCO1. The number of ether oxygens (including phenoxy) is 1. The summed E-state index contributed by atoms with van der Waals surface area (Å²) in [7, 11) is 0. The van der Waals surface area contributed by atoms with Gasteiger partial charge in [0.2, 0.25) is 0 Å². The normalized spacial score (nSPS) is 20.6. The van der Waals surface area contributed by atoms with Crippen LogP contribution in [0.4, 0.5) is 10.1 Å². The summed E-state index contributed by atoms with van der Waals surface area (Å²) >= 11 is 0. The topological polar surface area (TPSA) is 62.3 Å². The minimum atomic E-state index is -0.336. The van der Waals surface area contributed by atoms with Crippen LogP contribution in [0.5, 0.6) is 0 Å². The number of rotatable bonds is 2. The van der Waals surface area contributed by atoms with Crippen molar-refractivity contribution in [3.8, 4) is 0 Å². The molecule has 4 nitrogen and oxygen atoms in total. The number of hydrogen-bond donors (Lipinski definition) is 2. The lowest BCUT2D eigenvalue weighted by molar-refractivity contribution is 0.0820. The predicted molar refractivity (Wildman–Crippen MR) is 69.7 cm³/mol. The zero-order valence-electron chi connectivity index (χ0n) is 10.4. The summed E-state index contributed by atoms with van der Waals surface area (Å²) in [4.78, 5) is 1.98. The fourth-order valence-electron chi connectivity index (χ4n) is 2.14. The van der Waals surface area contributed by atoms with Crippen molar-refractivity contribution in [2.45, 2.75) is 19.4 Å². The fourth-order valence-corrected chi connectivity index (χ4v) is 2.14. The number of hydrogen-bond acceptors (Lipinski definition) is 3. The Morgan fingerprint density at radius 1 is 1.56 bits per heavy atom. The van der Waals surface area contributed by atoms with Crippen LogP contribution >= 0.6 is 0 Å². The van der Waals surface area contributed by atoms with Gasteiger partial charge in [-0.2, -0.15) is 0 Å². The molecule has 0 aromatic heterocycles. The summed E-state index contributed by atoms with van der Waals surface area (Å²) in [5.74, 6) is -0.454. The molecule has 1 aliphatic heterocycles. The van der Waals surface area contributed by atoms with Gasteiger partial charge in [0.05, 0.1) is 11.8 Å². The molecule has 1 aliphatic rings.